The van der Waals surface area contributed by atoms with Gasteiger partial charge in [0.2, 0.25) is 5.82 Å². The first-order valence-electron chi connectivity index (χ1n) is 10.1. The number of tetrazole rings is 1. The zero-order valence-corrected chi connectivity index (χ0v) is 16.5. The molecule has 0 saturated carbocycles. The van der Waals surface area contributed by atoms with E-state index in [1.807, 2.05) is 30.3 Å². The topological polar surface area (TPSA) is 103 Å². The number of carbonyl (C=O) groups is 2. The van der Waals surface area contributed by atoms with Gasteiger partial charge in [0.1, 0.15) is 6.04 Å². The highest BCUT2D eigenvalue weighted by Crippen LogP contribution is 2.21. The molecule has 3 aromatic rings. The lowest BCUT2D eigenvalue weighted by Gasteiger charge is -2.33. The maximum absolute atomic E-state index is 12.6. The van der Waals surface area contributed by atoms with Gasteiger partial charge in [-0.25, -0.2) is 4.79 Å². The average Bonchev–Trinajstić information content (AvgIpc) is 3.49. The first kappa shape index (κ1) is 19.8. The van der Waals surface area contributed by atoms with E-state index in [0.29, 0.717) is 31.8 Å². The SMILES string of the molecule is O=C(OCCCn1nnc(-c2ccccc2)n1)C1CCCCN1C(=O)c1ccco1. The van der Waals surface area contributed by atoms with E-state index in [1.165, 1.54) is 11.1 Å². The van der Waals surface area contributed by atoms with Gasteiger partial charge in [0, 0.05) is 18.5 Å². The fourth-order valence-electron chi connectivity index (χ4n) is 3.48. The van der Waals surface area contributed by atoms with Crippen LogP contribution in [-0.2, 0) is 16.1 Å². The molecule has 3 heterocycles. The minimum Gasteiger partial charge on any atom is -0.464 e. The lowest BCUT2D eigenvalue weighted by molar-refractivity contribution is -0.150. The third kappa shape index (κ3) is 4.56. The first-order valence-corrected chi connectivity index (χ1v) is 10.1. The molecule has 1 saturated heterocycles. The smallest absolute Gasteiger partial charge is 0.328 e. The minimum atomic E-state index is -0.578. The van der Waals surface area contributed by atoms with E-state index in [-0.39, 0.29) is 24.2 Å². The van der Waals surface area contributed by atoms with Crippen molar-refractivity contribution in [1.82, 2.24) is 25.1 Å². The zero-order valence-electron chi connectivity index (χ0n) is 16.5. The van der Waals surface area contributed by atoms with Crippen molar-refractivity contribution in [2.75, 3.05) is 13.2 Å². The molecule has 1 atom stereocenters. The van der Waals surface area contributed by atoms with Crippen LogP contribution in [0.2, 0.25) is 0 Å². The van der Waals surface area contributed by atoms with Crippen molar-refractivity contribution in [3.8, 4) is 11.4 Å². The molecule has 1 aliphatic heterocycles. The number of ether oxygens (including phenoxy) is 1. The molecular formula is C21H23N5O4. The van der Waals surface area contributed by atoms with Crippen LogP contribution >= 0.6 is 0 Å². The summed E-state index contributed by atoms with van der Waals surface area (Å²) in [5, 5.41) is 12.4. The van der Waals surface area contributed by atoms with E-state index in [4.69, 9.17) is 9.15 Å². The Labute approximate surface area is 173 Å². The summed E-state index contributed by atoms with van der Waals surface area (Å²) >= 11 is 0. The Morgan fingerprint density at radius 3 is 2.80 bits per heavy atom. The number of piperidine rings is 1. The van der Waals surface area contributed by atoms with Crippen molar-refractivity contribution >= 4 is 11.9 Å². The lowest BCUT2D eigenvalue weighted by atomic mass is 10.0. The molecule has 30 heavy (non-hydrogen) atoms. The number of hydrogen-bond acceptors (Lipinski definition) is 7. The van der Waals surface area contributed by atoms with Crippen molar-refractivity contribution in [2.24, 2.45) is 0 Å². The summed E-state index contributed by atoms with van der Waals surface area (Å²) in [6.07, 6.45) is 4.34. The Morgan fingerprint density at radius 2 is 2.00 bits per heavy atom. The fraction of sp³-hybridized carbons (Fsp3) is 0.381. The molecule has 9 heteroatoms. The van der Waals surface area contributed by atoms with Gasteiger partial charge in [-0.15, -0.1) is 10.2 Å². The van der Waals surface area contributed by atoms with Crippen LogP contribution in [0, 0.1) is 0 Å². The molecule has 2 aromatic heterocycles. The molecule has 1 amide bonds. The molecule has 0 radical (unpaired) electrons. The molecule has 156 valence electrons. The Bertz CT molecular complexity index is 970. The van der Waals surface area contributed by atoms with Crippen LogP contribution in [0.25, 0.3) is 11.4 Å². The van der Waals surface area contributed by atoms with E-state index in [1.54, 1.807) is 17.0 Å². The highest BCUT2D eigenvalue weighted by atomic mass is 16.5. The molecule has 0 bridgehead atoms. The van der Waals surface area contributed by atoms with Gasteiger partial charge in [-0.1, -0.05) is 30.3 Å². The second-order valence-electron chi connectivity index (χ2n) is 7.08. The lowest BCUT2D eigenvalue weighted by Crippen LogP contribution is -2.48. The molecule has 1 aromatic carbocycles. The molecule has 1 fully saturated rings. The van der Waals surface area contributed by atoms with Crippen LogP contribution in [0.3, 0.4) is 0 Å². The summed E-state index contributed by atoms with van der Waals surface area (Å²) in [5.74, 6) is 0.135. The summed E-state index contributed by atoms with van der Waals surface area (Å²) in [4.78, 5) is 28.2. The van der Waals surface area contributed by atoms with Crippen LogP contribution in [-0.4, -0.2) is 56.2 Å². The number of aryl methyl sites for hydroxylation is 1. The largest absolute Gasteiger partial charge is 0.464 e. The van der Waals surface area contributed by atoms with Gasteiger partial charge in [-0.3, -0.25) is 4.79 Å². The third-order valence-corrected chi connectivity index (χ3v) is 5.00. The zero-order chi connectivity index (χ0) is 20.8. The number of hydrogen-bond donors (Lipinski definition) is 0. The number of benzene rings is 1. The Morgan fingerprint density at radius 1 is 1.13 bits per heavy atom. The third-order valence-electron chi connectivity index (χ3n) is 5.00. The van der Waals surface area contributed by atoms with Crippen molar-refractivity contribution < 1.29 is 18.7 Å². The van der Waals surface area contributed by atoms with Crippen LogP contribution in [0.5, 0.6) is 0 Å². The number of furan rings is 1. The van der Waals surface area contributed by atoms with Gasteiger partial charge in [-0.05, 0) is 36.6 Å². The van der Waals surface area contributed by atoms with E-state index < -0.39 is 6.04 Å². The van der Waals surface area contributed by atoms with Crippen molar-refractivity contribution in [3.05, 3.63) is 54.5 Å². The van der Waals surface area contributed by atoms with Gasteiger partial charge < -0.3 is 14.1 Å². The van der Waals surface area contributed by atoms with Crippen LogP contribution in [0.15, 0.2) is 53.1 Å². The van der Waals surface area contributed by atoms with Crippen LogP contribution in [0.4, 0.5) is 0 Å². The van der Waals surface area contributed by atoms with Gasteiger partial charge in [0.05, 0.1) is 19.4 Å². The van der Waals surface area contributed by atoms with Crippen LogP contribution < -0.4 is 0 Å². The number of amides is 1. The Hall–Kier alpha value is -3.49. The monoisotopic (exact) mass is 409 g/mol. The molecule has 0 aliphatic carbocycles. The fourth-order valence-corrected chi connectivity index (χ4v) is 3.48. The van der Waals surface area contributed by atoms with Crippen molar-refractivity contribution in [2.45, 2.75) is 38.3 Å². The number of carbonyl (C=O) groups excluding carboxylic acids is 2. The summed E-state index contributed by atoms with van der Waals surface area (Å²) < 4.78 is 10.6. The van der Waals surface area contributed by atoms with Crippen molar-refractivity contribution in [1.29, 1.82) is 0 Å². The Balaban J connectivity index is 1.27. The predicted octanol–water partition coefficient (Wildman–Crippen LogP) is 2.56. The quantitative estimate of drug-likeness (QED) is 0.436. The highest BCUT2D eigenvalue weighted by molar-refractivity contribution is 5.94. The minimum absolute atomic E-state index is 0.223. The molecule has 1 unspecified atom stereocenters. The molecular weight excluding hydrogens is 386 g/mol. The number of nitrogens with zero attached hydrogens (tertiary/aromatic N) is 5. The van der Waals surface area contributed by atoms with E-state index in [9.17, 15) is 9.59 Å². The van der Waals surface area contributed by atoms with Gasteiger partial charge in [0.15, 0.2) is 5.76 Å². The average molecular weight is 409 g/mol. The van der Waals surface area contributed by atoms with Gasteiger partial charge in [-0.2, -0.15) is 4.80 Å². The number of esters is 1. The standard InChI is InChI=1S/C21H23N5O4/c27-20(18-11-6-14-29-18)25-12-5-4-10-17(25)21(28)30-15-7-13-26-23-19(22-24-26)16-8-2-1-3-9-16/h1-3,6,8-9,11,14,17H,4-5,7,10,12-13,15H2. The van der Waals surface area contributed by atoms with Gasteiger partial charge in [0.25, 0.3) is 5.91 Å². The predicted molar refractivity (Wildman–Crippen MR) is 106 cm³/mol. The normalized spacial score (nSPS) is 16.4. The molecule has 1 aliphatic rings. The molecule has 9 nitrogen and oxygen atoms in total. The number of rotatable bonds is 7. The Kier molecular flexibility index (Phi) is 6.17. The van der Waals surface area contributed by atoms with Crippen molar-refractivity contribution in [3.63, 3.8) is 0 Å². The maximum Gasteiger partial charge on any atom is 0.328 e. The maximum atomic E-state index is 12.6. The summed E-state index contributed by atoms with van der Waals surface area (Å²) in [5.41, 5.74) is 0.897. The van der Waals surface area contributed by atoms with E-state index in [0.717, 1.165) is 18.4 Å². The summed E-state index contributed by atoms with van der Waals surface area (Å²) in [6, 6.07) is 12.3. The second-order valence-corrected chi connectivity index (χ2v) is 7.08. The van der Waals surface area contributed by atoms with Crippen LogP contribution in [0.1, 0.15) is 36.2 Å². The summed E-state index contributed by atoms with van der Waals surface area (Å²) in [7, 11) is 0. The van der Waals surface area contributed by atoms with Gasteiger partial charge >= 0.3 is 5.97 Å². The summed E-state index contributed by atoms with van der Waals surface area (Å²) in [6.45, 7) is 1.22. The van der Waals surface area contributed by atoms with E-state index >= 15 is 0 Å². The first-order chi connectivity index (χ1) is 14.7. The number of likely N-dealkylation sites (tertiary alicyclic amines) is 1. The molecule has 0 N–H and O–H groups in total. The molecule has 4 rings (SSSR count). The van der Waals surface area contributed by atoms with E-state index in [2.05, 4.69) is 15.4 Å². The molecule has 0 spiro atoms. The highest BCUT2D eigenvalue weighted by Gasteiger charge is 2.34. The second kappa shape index (κ2) is 9.34. The number of aromatic nitrogens is 4.